The van der Waals surface area contributed by atoms with E-state index in [-0.39, 0.29) is 11.4 Å². The number of sulfonamides is 1. The minimum atomic E-state index is -3.50. The maximum atomic E-state index is 12.2. The summed E-state index contributed by atoms with van der Waals surface area (Å²) in [6.07, 6.45) is 3.77. The second-order valence-electron chi connectivity index (χ2n) is 5.51. The van der Waals surface area contributed by atoms with Gasteiger partial charge in [-0.15, -0.1) is 10.2 Å². The molecule has 3 aromatic rings. The maximum absolute atomic E-state index is 12.2. The van der Waals surface area contributed by atoms with E-state index in [0.717, 1.165) is 11.4 Å². The monoisotopic (exact) mass is 357 g/mol. The molecule has 7 nitrogen and oxygen atoms in total. The first kappa shape index (κ1) is 17.1. The van der Waals surface area contributed by atoms with Crippen LogP contribution in [-0.4, -0.2) is 36.3 Å². The molecule has 1 aromatic carbocycles. The zero-order chi connectivity index (χ0) is 17.7. The lowest BCUT2D eigenvalue weighted by Gasteiger charge is -2.09. The van der Waals surface area contributed by atoms with Gasteiger partial charge in [-0.2, -0.15) is 0 Å². The van der Waals surface area contributed by atoms with Crippen molar-refractivity contribution in [2.45, 2.75) is 11.8 Å². The van der Waals surface area contributed by atoms with Gasteiger partial charge in [0.25, 0.3) is 0 Å². The highest BCUT2D eigenvalue weighted by Crippen LogP contribution is 2.10. The Balaban J connectivity index is 1.51. The van der Waals surface area contributed by atoms with Crippen molar-refractivity contribution in [3.05, 3.63) is 66.5 Å². The summed E-state index contributed by atoms with van der Waals surface area (Å²) in [5, 5.41) is 11.2. The third kappa shape index (κ3) is 4.43. The molecule has 0 amide bonds. The Kier molecular flexibility index (Phi) is 5.11. The summed E-state index contributed by atoms with van der Waals surface area (Å²) in [6.45, 7) is 2.51. The van der Waals surface area contributed by atoms with Gasteiger partial charge in [0.05, 0.1) is 4.90 Å². The average Bonchev–Trinajstić information content (AvgIpc) is 3.14. The summed E-state index contributed by atoms with van der Waals surface area (Å²) < 4.78 is 28.8. The van der Waals surface area contributed by atoms with Crippen LogP contribution in [0.1, 0.15) is 5.56 Å². The SMILES string of the molecule is Cc1cccc(S(=O)(=O)NCCNc2ccc(-n3cccc3)nn2)c1. The second-order valence-corrected chi connectivity index (χ2v) is 7.28. The number of nitrogens with zero attached hydrogens (tertiary/aromatic N) is 3. The van der Waals surface area contributed by atoms with Gasteiger partial charge in [0.1, 0.15) is 5.82 Å². The Morgan fingerprint density at radius 1 is 1.00 bits per heavy atom. The van der Waals surface area contributed by atoms with E-state index in [0.29, 0.717) is 12.4 Å². The van der Waals surface area contributed by atoms with Crippen LogP contribution in [0, 0.1) is 6.92 Å². The van der Waals surface area contributed by atoms with Crippen molar-refractivity contribution < 1.29 is 8.42 Å². The predicted molar refractivity (Wildman–Crippen MR) is 96.2 cm³/mol. The smallest absolute Gasteiger partial charge is 0.240 e. The van der Waals surface area contributed by atoms with Crippen molar-refractivity contribution >= 4 is 15.8 Å². The van der Waals surface area contributed by atoms with Gasteiger partial charge in [0, 0.05) is 25.5 Å². The first-order valence-electron chi connectivity index (χ1n) is 7.82. The molecule has 0 spiro atoms. The minimum Gasteiger partial charge on any atom is -0.367 e. The van der Waals surface area contributed by atoms with Gasteiger partial charge in [-0.05, 0) is 48.9 Å². The molecule has 0 fully saturated rings. The molecule has 0 aliphatic carbocycles. The van der Waals surface area contributed by atoms with E-state index in [1.165, 1.54) is 0 Å². The second kappa shape index (κ2) is 7.45. The average molecular weight is 357 g/mol. The van der Waals surface area contributed by atoms with Gasteiger partial charge in [-0.25, -0.2) is 13.1 Å². The molecule has 0 atom stereocenters. The molecular weight excluding hydrogens is 338 g/mol. The number of hydrogen-bond donors (Lipinski definition) is 2. The molecular formula is C17H19N5O2S. The normalized spacial score (nSPS) is 11.4. The standard InChI is InChI=1S/C17H19N5O2S/c1-14-5-4-6-15(13-14)25(23,24)19-10-9-18-16-7-8-17(21-20-16)22-11-2-3-12-22/h2-8,11-13,19H,9-10H2,1H3,(H,18,20). The van der Waals surface area contributed by atoms with Crippen molar-refractivity contribution in [3.8, 4) is 5.82 Å². The number of benzene rings is 1. The van der Waals surface area contributed by atoms with E-state index in [4.69, 9.17) is 0 Å². The molecule has 0 saturated heterocycles. The first-order chi connectivity index (χ1) is 12.0. The molecule has 3 rings (SSSR count). The molecule has 2 aromatic heterocycles. The van der Waals surface area contributed by atoms with Crippen LogP contribution in [0.2, 0.25) is 0 Å². The third-order valence-corrected chi connectivity index (χ3v) is 5.00. The largest absolute Gasteiger partial charge is 0.367 e. The molecule has 2 N–H and O–H groups in total. The molecule has 0 aliphatic heterocycles. The van der Waals surface area contributed by atoms with Gasteiger partial charge in [0.15, 0.2) is 5.82 Å². The molecule has 0 saturated carbocycles. The van der Waals surface area contributed by atoms with E-state index in [1.54, 1.807) is 24.3 Å². The van der Waals surface area contributed by atoms with Crippen LogP contribution in [0.3, 0.4) is 0 Å². The number of anilines is 1. The van der Waals surface area contributed by atoms with Crippen LogP contribution < -0.4 is 10.0 Å². The molecule has 0 bridgehead atoms. The van der Waals surface area contributed by atoms with Crippen molar-refractivity contribution in [2.75, 3.05) is 18.4 Å². The van der Waals surface area contributed by atoms with Crippen LogP contribution in [0.4, 0.5) is 5.82 Å². The Bertz CT molecular complexity index is 922. The quantitative estimate of drug-likeness (QED) is 0.631. The van der Waals surface area contributed by atoms with Crippen LogP contribution in [0.5, 0.6) is 0 Å². The Hall–Kier alpha value is -2.71. The highest BCUT2D eigenvalue weighted by Gasteiger charge is 2.12. The number of rotatable bonds is 7. The predicted octanol–water partition coefficient (Wildman–Crippen LogP) is 1.97. The zero-order valence-electron chi connectivity index (χ0n) is 13.8. The van der Waals surface area contributed by atoms with E-state index in [1.807, 2.05) is 48.1 Å². The number of aromatic nitrogens is 3. The molecule has 25 heavy (non-hydrogen) atoms. The molecule has 2 heterocycles. The topological polar surface area (TPSA) is 88.9 Å². The van der Waals surface area contributed by atoms with Crippen LogP contribution >= 0.6 is 0 Å². The summed E-state index contributed by atoms with van der Waals surface area (Å²) in [7, 11) is -3.50. The van der Waals surface area contributed by atoms with E-state index >= 15 is 0 Å². The van der Waals surface area contributed by atoms with Gasteiger partial charge < -0.3 is 9.88 Å². The van der Waals surface area contributed by atoms with Crippen molar-refractivity contribution in [3.63, 3.8) is 0 Å². The fourth-order valence-electron chi connectivity index (χ4n) is 2.29. The van der Waals surface area contributed by atoms with Gasteiger partial charge in [0.2, 0.25) is 10.0 Å². The molecule has 8 heteroatoms. The number of nitrogens with one attached hydrogen (secondary N) is 2. The first-order valence-corrected chi connectivity index (χ1v) is 9.30. The molecule has 130 valence electrons. The van der Waals surface area contributed by atoms with E-state index in [9.17, 15) is 8.42 Å². The van der Waals surface area contributed by atoms with Crippen molar-refractivity contribution in [1.29, 1.82) is 0 Å². The fraction of sp³-hybridized carbons (Fsp3) is 0.176. The zero-order valence-corrected chi connectivity index (χ0v) is 14.6. The minimum absolute atomic E-state index is 0.247. The summed E-state index contributed by atoms with van der Waals surface area (Å²) in [4.78, 5) is 0.267. The fourth-order valence-corrected chi connectivity index (χ4v) is 3.42. The highest BCUT2D eigenvalue weighted by molar-refractivity contribution is 7.89. The van der Waals surface area contributed by atoms with Gasteiger partial charge in [-0.3, -0.25) is 0 Å². The van der Waals surface area contributed by atoms with Crippen molar-refractivity contribution in [2.24, 2.45) is 0 Å². The van der Waals surface area contributed by atoms with Gasteiger partial charge in [-0.1, -0.05) is 12.1 Å². The van der Waals surface area contributed by atoms with Crippen LogP contribution in [-0.2, 0) is 10.0 Å². The Morgan fingerprint density at radius 3 is 2.48 bits per heavy atom. The Morgan fingerprint density at radius 2 is 1.80 bits per heavy atom. The summed E-state index contributed by atoms with van der Waals surface area (Å²) >= 11 is 0. The lowest BCUT2D eigenvalue weighted by molar-refractivity contribution is 0.582. The van der Waals surface area contributed by atoms with E-state index < -0.39 is 10.0 Å². The third-order valence-electron chi connectivity index (χ3n) is 3.54. The van der Waals surface area contributed by atoms with Crippen LogP contribution in [0.25, 0.3) is 5.82 Å². The summed E-state index contributed by atoms with van der Waals surface area (Å²) in [5.41, 5.74) is 0.902. The summed E-state index contributed by atoms with van der Waals surface area (Å²) in [5.74, 6) is 1.31. The number of aryl methyl sites for hydroxylation is 1. The summed E-state index contributed by atoms with van der Waals surface area (Å²) in [6, 6.07) is 14.3. The Labute approximate surface area is 146 Å². The maximum Gasteiger partial charge on any atom is 0.240 e. The lowest BCUT2D eigenvalue weighted by Crippen LogP contribution is -2.29. The lowest BCUT2D eigenvalue weighted by atomic mass is 10.2. The number of hydrogen-bond acceptors (Lipinski definition) is 5. The molecule has 0 unspecified atom stereocenters. The highest BCUT2D eigenvalue weighted by atomic mass is 32.2. The van der Waals surface area contributed by atoms with Crippen molar-refractivity contribution in [1.82, 2.24) is 19.5 Å². The van der Waals surface area contributed by atoms with Gasteiger partial charge >= 0.3 is 0 Å². The molecule has 0 radical (unpaired) electrons. The van der Waals surface area contributed by atoms with E-state index in [2.05, 4.69) is 20.2 Å². The van der Waals surface area contributed by atoms with Crippen LogP contribution in [0.15, 0.2) is 65.8 Å². The molecule has 0 aliphatic rings.